The Labute approximate surface area is 184 Å². The van der Waals surface area contributed by atoms with Crippen molar-refractivity contribution in [3.8, 4) is 0 Å². The third-order valence-electron chi connectivity index (χ3n) is 5.53. The number of halogens is 1. The minimum Gasteiger partial charge on any atom is -0.351 e. The van der Waals surface area contributed by atoms with Crippen molar-refractivity contribution in [2.45, 2.75) is 38.9 Å². The number of sulfonamides is 1. The van der Waals surface area contributed by atoms with Gasteiger partial charge in [-0.25, -0.2) is 12.8 Å². The van der Waals surface area contributed by atoms with E-state index in [1.54, 1.807) is 6.07 Å². The van der Waals surface area contributed by atoms with Crippen molar-refractivity contribution < 1.29 is 17.6 Å². The second-order valence-electron chi connectivity index (χ2n) is 8.00. The van der Waals surface area contributed by atoms with Crippen molar-refractivity contribution in [1.82, 2.24) is 14.5 Å². The zero-order valence-corrected chi connectivity index (χ0v) is 18.7. The van der Waals surface area contributed by atoms with Gasteiger partial charge in [-0.2, -0.15) is 4.31 Å². The first-order chi connectivity index (χ1) is 14.8. The number of nitrogens with one attached hydrogen (secondary N) is 1. The monoisotopic (exact) mass is 447 g/mol. The number of piperidine rings is 1. The maximum absolute atomic E-state index is 14.0. The molecule has 6 nitrogen and oxygen atoms in total. The molecule has 0 unspecified atom stereocenters. The van der Waals surface area contributed by atoms with Crippen LogP contribution in [-0.4, -0.2) is 49.4 Å². The predicted molar refractivity (Wildman–Crippen MR) is 119 cm³/mol. The average Bonchev–Trinajstić information content (AvgIpc) is 2.74. The normalized spacial score (nSPS) is 15.2. The molecule has 2 aromatic rings. The number of rotatable bonds is 9. The fraction of sp³-hybridized carbons (Fsp3) is 0.435. The molecule has 3 rings (SSSR count). The van der Waals surface area contributed by atoms with Gasteiger partial charge in [0, 0.05) is 25.2 Å². The van der Waals surface area contributed by atoms with Crippen LogP contribution in [0.25, 0.3) is 0 Å². The van der Waals surface area contributed by atoms with Crippen LogP contribution in [0.4, 0.5) is 4.39 Å². The summed E-state index contributed by atoms with van der Waals surface area (Å²) < 4.78 is 39.2. The largest absolute Gasteiger partial charge is 0.351 e. The molecule has 1 heterocycles. The topological polar surface area (TPSA) is 69.7 Å². The Morgan fingerprint density at radius 2 is 1.61 bits per heavy atom. The molecule has 0 bridgehead atoms. The molecule has 0 spiro atoms. The number of amides is 1. The molecule has 1 saturated heterocycles. The summed E-state index contributed by atoms with van der Waals surface area (Å²) in [5.41, 5.74) is 2.41. The zero-order valence-electron chi connectivity index (χ0n) is 17.9. The van der Waals surface area contributed by atoms with E-state index in [-0.39, 0.29) is 18.7 Å². The zero-order chi connectivity index (χ0) is 22.3. The van der Waals surface area contributed by atoms with Crippen molar-refractivity contribution in [2.24, 2.45) is 0 Å². The van der Waals surface area contributed by atoms with Crippen LogP contribution in [0.1, 0.15) is 36.0 Å². The highest BCUT2D eigenvalue weighted by Crippen LogP contribution is 2.16. The number of hydrogen-bond donors (Lipinski definition) is 1. The lowest BCUT2D eigenvalue weighted by Gasteiger charge is -2.27. The van der Waals surface area contributed by atoms with Gasteiger partial charge in [0.1, 0.15) is 5.82 Å². The molecule has 0 aromatic heterocycles. The lowest BCUT2D eigenvalue weighted by atomic mass is 10.0. The van der Waals surface area contributed by atoms with Crippen LogP contribution in [0.2, 0.25) is 0 Å². The molecular formula is C23H30FN3O3S. The summed E-state index contributed by atoms with van der Waals surface area (Å²) in [6.07, 6.45) is 4.72. The maximum Gasteiger partial charge on any atom is 0.235 e. The fourth-order valence-corrected chi connectivity index (χ4v) is 4.48. The lowest BCUT2D eigenvalue weighted by molar-refractivity contribution is -0.121. The van der Waals surface area contributed by atoms with Gasteiger partial charge in [0.05, 0.1) is 12.8 Å². The lowest BCUT2D eigenvalue weighted by Crippen LogP contribution is -2.40. The number of likely N-dealkylation sites (tertiary alicyclic amines) is 1. The van der Waals surface area contributed by atoms with Gasteiger partial charge in [0.15, 0.2) is 0 Å². The van der Waals surface area contributed by atoms with Crippen molar-refractivity contribution in [1.29, 1.82) is 0 Å². The predicted octanol–water partition coefficient (Wildman–Crippen LogP) is 2.89. The molecule has 1 aliphatic rings. The van der Waals surface area contributed by atoms with E-state index in [0.29, 0.717) is 6.54 Å². The summed E-state index contributed by atoms with van der Waals surface area (Å²) in [7, 11) is -3.69. The van der Waals surface area contributed by atoms with Gasteiger partial charge in [0.25, 0.3) is 0 Å². The minimum absolute atomic E-state index is 0.190. The van der Waals surface area contributed by atoms with Gasteiger partial charge < -0.3 is 5.32 Å². The van der Waals surface area contributed by atoms with E-state index in [9.17, 15) is 17.6 Å². The van der Waals surface area contributed by atoms with Crippen LogP contribution in [0.3, 0.4) is 0 Å². The summed E-state index contributed by atoms with van der Waals surface area (Å²) >= 11 is 0. The Balaban J connectivity index is 1.61. The minimum atomic E-state index is -3.69. The van der Waals surface area contributed by atoms with Crippen LogP contribution in [0.5, 0.6) is 0 Å². The third-order valence-corrected chi connectivity index (χ3v) is 6.73. The number of hydrogen-bond acceptors (Lipinski definition) is 4. The Morgan fingerprint density at radius 3 is 2.26 bits per heavy atom. The highest BCUT2D eigenvalue weighted by molar-refractivity contribution is 7.88. The third kappa shape index (κ3) is 7.12. The average molecular weight is 448 g/mol. The molecular weight excluding hydrogens is 417 g/mol. The van der Waals surface area contributed by atoms with Crippen molar-refractivity contribution in [3.63, 3.8) is 0 Å². The molecule has 1 aliphatic heterocycles. The molecule has 0 atom stereocenters. The highest BCUT2D eigenvalue weighted by Gasteiger charge is 2.22. The summed E-state index contributed by atoms with van der Waals surface area (Å²) in [6.45, 7) is 2.78. The standard InChI is InChI=1S/C23H30FN3O3S/c1-31(29,30)27(17-21-11-5-6-12-22(21)24)18-23(28)25-15-19-9-3-4-10-20(19)16-26-13-7-2-8-14-26/h3-6,9-12H,2,7-8,13-18H2,1H3,(H,25,28). The number of nitrogens with zero attached hydrogens (tertiary/aromatic N) is 2. The van der Waals surface area contributed by atoms with E-state index in [1.165, 1.54) is 37.5 Å². The molecule has 168 valence electrons. The van der Waals surface area contributed by atoms with Gasteiger partial charge in [0.2, 0.25) is 15.9 Å². The first kappa shape index (κ1) is 23.4. The van der Waals surface area contributed by atoms with Crippen molar-refractivity contribution >= 4 is 15.9 Å². The van der Waals surface area contributed by atoms with E-state index in [1.807, 2.05) is 18.2 Å². The maximum atomic E-state index is 14.0. The van der Waals surface area contributed by atoms with Crippen LogP contribution >= 0.6 is 0 Å². The van der Waals surface area contributed by atoms with Crippen molar-refractivity contribution in [2.75, 3.05) is 25.9 Å². The first-order valence-corrected chi connectivity index (χ1v) is 12.4. The van der Waals surface area contributed by atoms with Crippen LogP contribution in [0, 0.1) is 5.82 Å². The Morgan fingerprint density at radius 1 is 1.00 bits per heavy atom. The van der Waals surface area contributed by atoms with E-state index >= 15 is 0 Å². The molecule has 0 saturated carbocycles. The number of carbonyl (C=O) groups excluding carboxylic acids is 1. The fourth-order valence-electron chi connectivity index (χ4n) is 3.76. The number of carbonyl (C=O) groups is 1. The van der Waals surface area contributed by atoms with Gasteiger partial charge >= 0.3 is 0 Å². The SMILES string of the molecule is CS(=O)(=O)N(CC(=O)NCc1ccccc1CN1CCCCC1)Cc1ccccc1F. The van der Waals surface area contributed by atoms with E-state index < -0.39 is 21.7 Å². The van der Waals surface area contributed by atoms with Gasteiger partial charge in [-0.3, -0.25) is 9.69 Å². The summed E-state index contributed by atoms with van der Waals surface area (Å²) in [4.78, 5) is 14.9. The highest BCUT2D eigenvalue weighted by atomic mass is 32.2. The Hall–Kier alpha value is -2.29. The van der Waals surface area contributed by atoms with E-state index in [2.05, 4.69) is 16.3 Å². The molecule has 2 aromatic carbocycles. The van der Waals surface area contributed by atoms with Gasteiger partial charge in [-0.15, -0.1) is 0 Å². The summed E-state index contributed by atoms with van der Waals surface area (Å²) in [6, 6.07) is 13.9. The molecule has 1 N–H and O–H groups in total. The van der Waals surface area contributed by atoms with Crippen LogP contribution < -0.4 is 5.32 Å². The summed E-state index contributed by atoms with van der Waals surface area (Å²) in [5, 5.41) is 2.82. The molecule has 31 heavy (non-hydrogen) atoms. The number of benzene rings is 2. The Bertz CT molecular complexity index is 991. The molecule has 0 aliphatic carbocycles. The van der Waals surface area contributed by atoms with Crippen molar-refractivity contribution in [3.05, 3.63) is 71.0 Å². The van der Waals surface area contributed by atoms with Crippen LogP contribution in [0.15, 0.2) is 48.5 Å². The van der Waals surface area contributed by atoms with Gasteiger partial charge in [-0.05, 0) is 43.1 Å². The second kappa shape index (κ2) is 10.8. The second-order valence-corrected chi connectivity index (χ2v) is 9.99. The van der Waals surface area contributed by atoms with E-state index in [0.717, 1.165) is 41.3 Å². The van der Waals surface area contributed by atoms with E-state index in [4.69, 9.17) is 0 Å². The molecule has 1 fully saturated rings. The Kier molecular flexibility index (Phi) is 8.17. The summed E-state index contributed by atoms with van der Waals surface area (Å²) in [5.74, 6) is -0.919. The quantitative estimate of drug-likeness (QED) is 0.642. The van der Waals surface area contributed by atoms with Gasteiger partial charge in [-0.1, -0.05) is 48.9 Å². The van der Waals surface area contributed by atoms with Crippen LogP contribution in [-0.2, 0) is 34.5 Å². The first-order valence-electron chi connectivity index (χ1n) is 10.6. The smallest absolute Gasteiger partial charge is 0.235 e. The molecule has 8 heteroatoms. The molecule has 1 amide bonds. The molecule has 0 radical (unpaired) electrons.